The fourth-order valence-electron chi connectivity index (χ4n) is 1.70. The lowest BCUT2D eigenvalue weighted by atomic mass is 10.1. The largest absolute Gasteiger partial charge is 0.478 e. The van der Waals surface area contributed by atoms with Crippen molar-refractivity contribution in [3.05, 3.63) is 51.5 Å². The molecule has 1 amide bonds. The summed E-state index contributed by atoms with van der Waals surface area (Å²) >= 11 is 1.48. The third-order valence-electron chi connectivity index (χ3n) is 2.90. The highest BCUT2D eigenvalue weighted by Gasteiger charge is 2.12. The van der Waals surface area contributed by atoms with Crippen LogP contribution in [0, 0.1) is 0 Å². The lowest BCUT2D eigenvalue weighted by Crippen LogP contribution is -2.23. The molecular weight excluding hydrogens is 288 g/mol. The summed E-state index contributed by atoms with van der Waals surface area (Å²) in [7, 11) is 0. The molecule has 2 rings (SSSR count). The summed E-state index contributed by atoms with van der Waals surface area (Å²) in [6.07, 6.45) is 0. The van der Waals surface area contributed by atoms with Crippen LogP contribution in [0.1, 0.15) is 51.2 Å². The molecule has 6 heteroatoms. The summed E-state index contributed by atoms with van der Waals surface area (Å²) in [5, 5.41) is 14.3. The Balaban J connectivity index is 1.95. The maximum absolute atomic E-state index is 12.0. The molecule has 110 valence electrons. The number of rotatable bonds is 5. The molecule has 0 aliphatic carbocycles. The summed E-state index contributed by atoms with van der Waals surface area (Å²) in [5.74, 6) is -0.880. The van der Waals surface area contributed by atoms with E-state index >= 15 is 0 Å². The van der Waals surface area contributed by atoms with Crippen molar-refractivity contribution in [1.29, 1.82) is 0 Å². The van der Waals surface area contributed by atoms with Crippen LogP contribution >= 0.6 is 11.3 Å². The zero-order chi connectivity index (χ0) is 15.4. The molecule has 0 saturated carbocycles. The van der Waals surface area contributed by atoms with Gasteiger partial charge < -0.3 is 10.4 Å². The van der Waals surface area contributed by atoms with Gasteiger partial charge in [0.15, 0.2) is 0 Å². The number of carbonyl (C=O) groups is 2. The Morgan fingerprint density at radius 1 is 1.29 bits per heavy atom. The number of carboxylic acids is 1. The molecule has 1 aromatic carbocycles. The van der Waals surface area contributed by atoms with E-state index in [1.54, 1.807) is 17.5 Å². The monoisotopic (exact) mass is 304 g/mol. The van der Waals surface area contributed by atoms with Crippen molar-refractivity contribution in [2.24, 2.45) is 0 Å². The summed E-state index contributed by atoms with van der Waals surface area (Å²) < 4.78 is 0. The van der Waals surface area contributed by atoms with Crippen LogP contribution in [-0.4, -0.2) is 22.0 Å². The Bertz CT molecular complexity index is 647. The lowest BCUT2D eigenvalue weighted by molar-refractivity contribution is 0.0696. The van der Waals surface area contributed by atoms with Gasteiger partial charge in [0.1, 0.15) is 5.69 Å². The molecule has 0 unspecified atom stereocenters. The number of thiazole rings is 1. The van der Waals surface area contributed by atoms with Crippen molar-refractivity contribution >= 4 is 23.2 Å². The van der Waals surface area contributed by atoms with Gasteiger partial charge in [-0.2, -0.15) is 0 Å². The van der Waals surface area contributed by atoms with Crippen LogP contribution in [0.4, 0.5) is 0 Å². The molecule has 1 heterocycles. The van der Waals surface area contributed by atoms with E-state index in [0.717, 1.165) is 10.6 Å². The fraction of sp³-hybridized carbons (Fsp3) is 0.267. The average Bonchev–Trinajstić information content (AvgIpc) is 2.95. The Kier molecular flexibility index (Phi) is 4.70. The number of aromatic nitrogens is 1. The molecule has 1 aromatic heterocycles. The summed E-state index contributed by atoms with van der Waals surface area (Å²) in [5.41, 5.74) is 1.49. The summed E-state index contributed by atoms with van der Waals surface area (Å²) in [6.45, 7) is 4.41. The molecular formula is C15H16N2O3S. The molecule has 0 radical (unpaired) electrons. The maximum Gasteiger partial charge on any atom is 0.335 e. The molecule has 0 atom stereocenters. The van der Waals surface area contributed by atoms with Crippen molar-refractivity contribution in [2.45, 2.75) is 26.3 Å². The van der Waals surface area contributed by atoms with Crippen molar-refractivity contribution in [3.8, 4) is 0 Å². The van der Waals surface area contributed by atoms with Crippen molar-refractivity contribution in [1.82, 2.24) is 10.3 Å². The van der Waals surface area contributed by atoms with Gasteiger partial charge in [-0.15, -0.1) is 11.3 Å². The third-order valence-corrected chi connectivity index (χ3v) is 4.05. The van der Waals surface area contributed by atoms with E-state index in [1.807, 2.05) is 13.8 Å². The number of benzene rings is 1. The standard InChI is InChI=1S/C15H16N2O3S/c1-9(2)14-17-12(8-21-14)13(18)16-7-10-3-5-11(6-4-10)15(19)20/h3-6,8-9H,7H2,1-2H3,(H,16,18)(H,19,20). The zero-order valence-corrected chi connectivity index (χ0v) is 12.6. The van der Waals surface area contributed by atoms with Crippen LogP contribution in [0.15, 0.2) is 29.6 Å². The highest BCUT2D eigenvalue weighted by molar-refractivity contribution is 7.09. The van der Waals surface area contributed by atoms with Gasteiger partial charge in [-0.25, -0.2) is 9.78 Å². The minimum atomic E-state index is -0.964. The highest BCUT2D eigenvalue weighted by Crippen LogP contribution is 2.19. The first kappa shape index (κ1) is 15.2. The van der Waals surface area contributed by atoms with E-state index in [9.17, 15) is 9.59 Å². The van der Waals surface area contributed by atoms with Gasteiger partial charge in [-0.05, 0) is 17.7 Å². The molecule has 2 N–H and O–H groups in total. The number of nitrogens with zero attached hydrogens (tertiary/aromatic N) is 1. The van der Waals surface area contributed by atoms with Gasteiger partial charge >= 0.3 is 5.97 Å². The molecule has 0 fully saturated rings. The van der Waals surface area contributed by atoms with Gasteiger partial charge in [0.05, 0.1) is 10.6 Å². The molecule has 5 nitrogen and oxygen atoms in total. The predicted octanol–water partition coefficient (Wildman–Crippen LogP) is 2.89. The fourth-order valence-corrected chi connectivity index (χ4v) is 2.51. The quantitative estimate of drug-likeness (QED) is 0.890. The van der Waals surface area contributed by atoms with Crippen molar-refractivity contribution in [2.75, 3.05) is 0 Å². The Morgan fingerprint density at radius 2 is 1.95 bits per heavy atom. The van der Waals surface area contributed by atoms with Crippen LogP contribution in [0.25, 0.3) is 0 Å². The number of nitrogens with one attached hydrogen (secondary N) is 1. The summed E-state index contributed by atoms with van der Waals surface area (Å²) in [6, 6.07) is 6.40. The number of amides is 1. The average molecular weight is 304 g/mol. The van der Waals surface area contributed by atoms with Gasteiger partial charge in [0.2, 0.25) is 0 Å². The predicted molar refractivity (Wildman–Crippen MR) is 80.8 cm³/mol. The van der Waals surface area contributed by atoms with Crippen LogP contribution in [0.2, 0.25) is 0 Å². The van der Waals surface area contributed by atoms with E-state index in [4.69, 9.17) is 5.11 Å². The molecule has 21 heavy (non-hydrogen) atoms. The smallest absolute Gasteiger partial charge is 0.335 e. The molecule has 2 aromatic rings. The van der Waals surface area contributed by atoms with E-state index < -0.39 is 5.97 Å². The van der Waals surface area contributed by atoms with E-state index in [2.05, 4.69) is 10.3 Å². The van der Waals surface area contributed by atoms with Crippen molar-refractivity contribution in [3.63, 3.8) is 0 Å². The molecule has 0 saturated heterocycles. The molecule has 0 aliphatic heterocycles. The highest BCUT2D eigenvalue weighted by atomic mass is 32.1. The van der Waals surface area contributed by atoms with Crippen LogP contribution in [0.5, 0.6) is 0 Å². The molecule has 0 bridgehead atoms. The lowest BCUT2D eigenvalue weighted by Gasteiger charge is -2.04. The summed E-state index contributed by atoms with van der Waals surface area (Å²) in [4.78, 5) is 27.0. The Hall–Kier alpha value is -2.21. The first-order valence-corrected chi connectivity index (χ1v) is 7.41. The number of carboxylic acid groups (broad SMARTS) is 1. The second-order valence-corrected chi connectivity index (χ2v) is 5.80. The van der Waals surface area contributed by atoms with E-state index in [-0.39, 0.29) is 11.5 Å². The van der Waals surface area contributed by atoms with Crippen LogP contribution in [0.3, 0.4) is 0 Å². The Labute approximate surface area is 126 Å². The zero-order valence-electron chi connectivity index (χ0n) is 11.8. The van der Waals surface area contributed by atoms with Gasteiger partial charge in [-0.1, -0.05) is 26.0 Å². The normalized spacial score (nSPS) is 10.6. The third kappa shape index (κ3) is 3.88. The topological polar surface area (TPSA) is 79.3 Å². The number of carbonyl (C=O) groups excluding carboxylic acids is 1. The minimum Gasteiger partial charge on any atom is -0.478 e. The molecule has 0 spiro atoms. The van der Waals surface area contributed by atoms with Crippen LogP contribution < -0.4 is 5.32 Å². The number of hydrogen-bond donors (Lipinski definition) is 2. The Morgan fingerprint density at radius 3 is 2.48 bits per heavy atom. The van der Waals surface area contributed by atoms with Gasteiger partial charge in [0.25, 0.3) is 5.91 Å². The first-order valence-electron chi connectivity index (χ1n) is 6.53. The van der Waals surface area contributed by atoms with Gasteiger partial charge in [0, 0.05) is 17.8 Å². The number of aromatic carboxylic acids is 1. The number of hydrogen-bond acceptors (Lipinski definition) is 4. The van der Waals surface area contributed by atoms with Crippen molar-refractivity contribution < 1.29 is 14.7 Å². The second-order valence-electron chi connectivity index (χ2n) is 4.91. The van der Waals surface area contributed by atoms with Gasteiger partial charge in [-0.3, -0.25) is 4.79 Å². The van der Waals surface area contributed by atoms with E-state index in [0.29, 0.717) is 18.2 Å². The van der Waals surface area contributed by atoms with Crippen LogP contribution in [-0.2, 0) is 6.54 Å². The minimum absolute atomic E-state index is 0.222. The molecule has 0 aliphatic rings. The second kappa shape index (κ2) is 6.49. The maximum atomic E-state index is 12.0. The van der Waals surface area contributed by atoms with E-state index in [1.165, 1.54) is 23.5 Å². The first-order chi connectivity index (χ1) is 9.97. The SMILES string of the molecule is CC(C)c1nc(C(=O)NCc2ccc(C(=O)O)cc2)cs1.